The molecule has 1 aliphatic rings. The Morgan fingerprint density at radius 1 is 1.23 bits per heavy atom. The summed E-state index contributed by atoms with van der Waals surface area (Å²) in [4.78, 5) is 8.12. The van der Waals surface area contributed by atoms with E-state index >= 15 is 0 Å². The van der Waals surface area contributed by atoms with Gasteiger partial charge >= 0.3 is 0 Å². The highest BCUT2D eigenvalue weighted by molar-refractivity contribution is 5.36. The lowest BCUT2D eigenvalue weighted by Gasteiger charge is -2.11. The van der Waals surface area contributed by atoms with Crippen molar-refractivity contribution in [1.82, 2.24) is 9.97 Å². The first-order valence-electron chi connectivity index (χ1n) is 4.68. The number of nitrogen functional groups attached to an aromatic ring is 1. The molecule has 0 radical (unpaired) electrons. The summed E-state index contributed by atoms with van der Waals surface area (Å²) in [6.45, 7) is 0. The van der Waals surface area contributed by atoms with Crippen LogP contribution in [0.3, 0.4) is 0 Å². The van der Waals surface area contributed by atoms with Gasteiger partial charge in [0.1, 0.15) is 11.6 Å². The molecule has 1 heterocycles. The van der Waals surface area contributed by atoms with Gasteiger partial charge in [-0.1, -0.05) is 12.8 Å². The molecule has 0 saturated heterocycles. The van der Waals surface area contributed by atoms with Crippen LogP contribution in [-0.2, 0) is 0 Å². The van der Waals surface area contributed by atoms with E-state index in [1.54, 1.807) is 12.4 Å². The maximum Gasteiger partial charge on any atom is 0.144 e. The van der Waals surface area contributed by atoms with Gasteiger partial charge in [-0.3, -0.25) is 0 Å². The molecule has 0 amide bonds. The van der Waals surface area contributed by atoms with E-state index in [-0.39, 0.29) is 0 Å². The van der Waals surface area contributed by atoms with Crippen LogP contribution in [0.5, 0.6) is 0 Å². The second-order valence-electron chi connectivity index (χ2n) is 3.45. The molecule has 1 aliphatic carbocycles. The summed E-state index contributed by atoms with van der Waals surface area (Å²) in [5.41, 5.74) is 5.43. The molecule has 0 atom stereocenters. The van der Waals surface area contributed by atoms with Crippen LogP contribution in [0.15, 0.2) is 12.4 Å². The molecule has 3 N–H and O–H groups in total. The Hall–Kier alpha value is -1.32. The van der Waals surface area contributed by atoms with E-state index in [2.05, 4.69) is 15.3 Å². The van der Waals surface area contributed by atoms with Gasteiger partial charge < -0.3 is 11.1 Å². The first-order valence-corrected chi connectivity index (χ1v) is 4.68. The van der Waals surface area contributed by atoms with E-state index in [4.69, 9.17) is 5.73 Å². The van der Waals surface area contributed by atoms with Gasteiger partial charge in [-0.25, -0.2) is 9.97 Å². The van der Waals surface area contributed by atoms with E-state index in [0.717, 1.165) is 5.82 Å². The molecule has 1 saturated carbocycles. The minimum atomic E-state index is 0.469. The second-order valence-corrected chi connectivity index (χ2v) is 3.45. The number of aromatic nitrogens is 2. The van der Waals surface area contributed by atoms with Crippen LogP contribution in [0.1, 0.15) is 25.7 Å². The summed E-state index contributed by atoms with van der Waals surface area (Å²) in [5.74, 6) is 1.30. The van der Waals surface area contributed by atoms with E-state index in [1.807, 2.05) is 0 Å². The molecule has 2 rings (SSSR count). The summed E-state index contributed by atoms with van der Waals surface area (Å²) < 4.78 is 0. The lowest BCUT2D eigenvalue weighted by Crippen LogP contribution is -2.15. The highest BCUT2D eigenvalue weighted by Crippen LogP contribution is 2.20. The highest BCUT2D eigenvalue weighted by Gasteiger charge is 2.14. The predicted molar refractivity (Wildman–Crippen MR) is 52.3 cm³/mol. The van der Waals surface area contributed by atoms with Crippen LogP contribution in [0.4, 0.5) is 11.6 Å². The van der Waals surface area contributed by atoms with Crippen molar-refractivity contribution < 1.29 is 0 Å². The lowest BCUT2D eigenvalue weighted by molar-refractivity contribution is 0.749. The van der Waals surface area contributed by atoms with Crippen molar-refractivity contribution in [3.63, 3.8) is 0 Å². The average molecular weight is 178 g/mol. The number of rotatable bonds is 2. The Morgan fingerprint density at radius 2 is 2.00 bits per heavy atom. The molecular weight excluding hydrogens is 164 g/mol. The third kappa shape index (κ3) is 2.08. The molecule has 1 aromatic rings. The van der Waals surface area contributed by atoms with Crippen molar-refractivity contribution in [3.8, 4) is 0 Å². The molecule has 13 heavy (non-hydrogen) atoms. The minimum absolute atomic E-state index is 0.469. The van der Waals surface area contributed by atoms with Crippen molar-refractivity contribution >= 4 is 11.6 Å². The standard InChI is InChI=1S/C9H14N4/c10-8-5-12-9(6-11-8)13-7-3-1-2-4-7/h5-7H,1-4H2,(H2,10,11)(H,12,13). The fourth-order valence-electron chi connectivity index (χ4n) is 1.69. The number of nitrogens with two attached hydrogens (primary N) is 1. The van der Waals surface area contributed by atoms with Crippen LogP contribution in [-0.4, -0.2) is 16.0 Å². The second kappa shape index (κ2) is 3.60. The van der Waals surface area contributed by atoms with E-state index < -0.39 is 0 Å². The first kappa shape index (κ1) is 8.29. The van der Waals surface area contributed by atoms with Crippen LogP contribution >= 0.6 is 0 Å². The maximum atomic E-state index is 5.43. The number of hydrogen-bond acceptors (Lipinski definition) is 4. The molecule has 1 fully saturated rings. The average Bonchev–Trinajstić information content (AvgIpc) is 2.62. The molecule has 0 unspecified atom stereocenters. The molecule has 4 nitrogen and oxygen atoms in total. The summed E-state index contributed by atoms with van der Waals surface area (Å²) in [7, 11) is 0. The number of nitrogens with zero attached hydrogens (tertiary/aromatic N) is 2. The Labute approximate surface area is 77.6 Å². The van der Waals surface area contributed by atoms with Crippen LogP contribution in [0, 0.1) is 0 Å². The minimum Gasteiger partial charge on any atom is -0.382 e. The Kier molecular flexibility index (Phi) is 2.29. The Morgan fingerprint density at radius 3 is 2.62 bits per heavy atom. The first-order chi connectivity index (χ1) is 6.34. The van der Waals surface area contributed by atoms with Crippen molar-refractivity contribution in [2.24, 2.45) is 0 Å². The zero-order valence-corrected chi connectivity index (χ0v) is 7.53. The van der Waals surface area contributed by atoms with Gasteiger partial charge in [0.15, 0.2) is 0 Å². The molecule has 0 bridgehead atoms. The Balaban J connectivity index is 1.97. The summed E-state index contributed by atoms with van der Waals surface area (Å²) in [6.07, 6.45) is 8.39. The largest absolute Gasteiger partial charge is 0.382 e. The van der Waals surface area contributed by atoms with Crippen molar-refractivity contribution in [2.75, 3.05) is 11.1 Å². The molecule has 0 spiro atoms. The summed E-state index contributed by atoms with van der Waals surface area (Å²) in [6, 6.07) is 0.581. The zero-order chi connectivity index (χ0) is 9.10. The lowest BCUT2D eigenvalue weighted by atomic mass is 10.2. The third-order valence-corrected chi connectivity index (χ3v) is 2.38. The molecule has 0 aliphatic heterocycles. The van der Waals surface area contributed by atoms with Gasteiger partial charge in [0.05, 0.1) is 12.4 Å². The van der Waals surface area contributed by atoms with E-state index in [1.165, 1.54) is 25.7 Å². The van der Waals surface area contributed by atoms with E-state index in [0.29, 0.717) is 11.9 Å². The monoisotopic (exact) mass is 178 g/mol. The quantitative estimate of drug-likeness (QED) is 0.718. The molecule has 0 aromatic carbocycles. The van der Waals surface area contributed by atoms with Crippen molar-refractivity contribution in [2.45, 2.75) is 31.7 Å². The fourth-order valence-corrected chi connectivity index (χ4v) is 1.69. The third-order valence-electron chi connectivity index (χ3n) is 2.38. The van der Waals surface area contributed by atoms with Gasteiger partial charge in [-0.2, -0.15) is 0 Å². The van der Waals surface area contributed by atoms with Crippen LogP contribution in [0.2, 0.25) is 0 Å². The number of anilines is 2. The SMILES string of the molecule is Nc1cnc(NC2CCCC2)cn1. The summed E-state index contributed by atoms with van der Waals surface area (Å²) >= 11 is 0. The Bertz CT molecular complexity index is 263. The van der Waals surface area contributed by atoms with Crippen molar-refractivity contribution in [1.29, 1.82) is 0 Å². The normalized spacial score (nSPS) is 17.5. The molecular formula is C9H14N4. The predicted octanol–water partition coefficient (Wildman–Crippen LogP) is 1.41. The van der Waals surface area contributed by atoms with Crippen molar-refractivity contribution in [3.05, 3.63) is 12.4 Å². The molecule has 4 heteroatoms. The number of nitrogens with one attached hydrogen (secondary N) is 1. The highest BCUT2D eigenvalue weighted by atomic mass is 15.0. The van der Waals surface area contributed by atoms with Gasteiger partial charge in [0, 0.05) is 6.04 Å². The topological polar surface area (TPSA) is 63.8 Å². The molecule has 70 valence electrons. The number of hydrogen-bond donors (Lipinski definition) is 2. The van der Waals surface area contributed by atoms with Gasteiger partial charge in [-0.15, -0.1) is 0 Å². The van der Waals surface area contributed by atoms with E-state index in [9.17, 15) is 0 Å². The van der Waals surface area contributed by atoms with Gasteiger partial charge in [-0.05, 0) is 12.8 Å². The maximum absolute atomic E-state index is 5.43. The zero-order valence-electron chi connectivity index (χ0n) is 7.53. The fraction of sp³-hybridized carbons (Fsp3) is 0.556. The molecule has 1 aromatic heterocycles. The van der Waals surface area contributed by atoms with Gasteiger partial charge in [0.2, 0.25) is 0 Å². The van der Waals surface area contributed by atoms with Crippen LogP contribution < -0.4 is 11.1 Å². The smallest absolute Gasteiger partial charge is 0.144 e. The van der Waals surface area contributed by atoms with Gasteiger partial charge in [0.25, 0.3) is 0 Å². The van der Waals surface area contributed by atoms with Crippen LogP contribution in [0.25, 0.3) is 0 Å². The summed E-state index contributed by atoms with van der Waals surface area (Å²) in [5, 5.41) is 3.34.